The second-order valence-electron chi connectivity index (χ2n) is 14.2. The number of aromatic nitrogens is 2. The molecule has 0 spiro atoms. The molecule has 0 atom stereocenters. The summed E-state index contributed by atoms with van der Waals surface area (Å²) in [5, 5.41) is 5.12. The van der Waals surface area contributed by atoms with E-state index in [-0.39, 0.29) is 31.9 Å². The molecule has 6 heteroatoms. The number of nitrogens with zero attached hydrogens (tertiary/aromatic N) is 2. The zero-order chi connectivity index (χ0) is 32.0. The molecule has 0 radical (unpaired) electrons. The molecule has 0 saturated carbocycles. The number of hydrogen-bond donors (Lipinski definition) is 0. The van der Waals surface area contributed by atoms with E-state index >= 15 is 0 Å². The van der Waals surface area contributed by atoms with Crippen LogP contribution in [0, 0.1) is 19.1 Å². The van der Waals surface area contributed by atoms with Crippen molar-refractivity contribution in [3.8, 4) is 23.0 Å². The average molecular weight is 814 g/mol. The van der Waals surface area contributed by atoms with Gasteiger partial charge in [0.1, 0.15) is 5.58 Å². The van der Waals surface area contributed by atoms with Crippen molar-refractivity contribution in [3.05, 3.63) is 108 Å². The van der Waals surface area contributed by atoms with E-state index < -0.39 is 0 Å². The fraction of sp³-hybridized carbons (Fsp3) is 0.220. The first-order chi connectivity index (χ1) is 21.9. The maximum atomic E-state index is 6.59. The number of fused-ring (bicyclic) bond motifs is 4. The van der Waals surface area contributed by atoms with Crippen LogP contribution >= 0.6 is 11.3 Å². The Kier molecular flexibility index (Phi) is 7.57. The van der Waals surface area contributed by atoms with Gasteiger partial charge in [-0.3, -0.25) is 9.97 Å². The van der Waals surface area contributed by atoms with Crippen LogP contribution in [-0.2, 0) is 31.9 Å². The molecular formula is C41H34N2O2PtS. The van der Waals surface area contributed by atoms with Crippen LogP contribution in [0.3, 0.4) is 0 Å². The molecule has 0 unspecified atom stereocenters. The topological polar surface area (TPSA) is 48.2 Å². The van der Waals surface area contributed by atoms with E-state index in [0.29, 0.717) is 11.8 Å². The smallest absolute Gasteiger partial charge is 0.472 e. The van der Waals surface area contributed by atoms with Crippen molar-refractivity contribution in [3.63, 3.8) is 0 Å². The van der Waals surface area contributed by atoms with Crippen molar-refractivity contribution in [1.29, 1.82) is 0 Å². The molecule has 0 fully saturated rings. The normalized spacial score (nSPS) is 12.4. The molecule has 47 heavy (non-hydrogen) atoms. The first kappa shape index (κ1) is 31.5. The SMILES string of the molecule is Cc1cc(Oc2cc(C(C)(C)C)cc(-c3[c-]ccc(C(C)(C)C)c3)n2)nc2c1sc1cccc3oc4c5ccccc5[c-]c2c4c31.[Pt+2]. The second kappa shape index (κ2) is 11.3. The van der Waals surface area contributed by atoms with Gasteiger partial charge in [-0.25, -0.2) is 0 Å². The van der Waals surface area contributed by atoms with Gasteiger partial charge in [-0.2, -0.15) is 0 Å². The third kappa shape index (κ3) is 5.44. The minimum Gasteiger partial charge on any atom is -0.472 e. The molecule has 0 aliphatic rings. The van der Waals surface area contributed by atoms with Gasteiger partial charge >= 0.3 is 21.1 Å². The first-order valence-electron chi connectivity index (χ1n) is 15.7. The van der Waals surface area contributed by atoms with Crippen LogP contribution in [0.5, 0.6) is 11.8 Å². The number of rotatable bonds is 3. The number of furan rings is 1. The fourth-order valence-corrected chi connectivity index (χ4v) is 7.34. The predicted molar refractivity (Wildman–Crippen MR) is 191 cm³/mol. The summed E-state index contributed by atoms with van der Waals surface area (Å²) in [4.78, 5) is 10.2. The number of hydrogen-bond acceptors (Lipinski definition) is 5. The Hall–Kier alpha value is -4.05. The van der Waals surface area contributed by atoms with Crippen LogP contribution in [0.2, 0.25) is 0 Å². The number of benzene rings is 4. The van der Waals surface area contributed by atoms with E-state index in [1.807, 2.05) is 36.4 Å². The Morgan fingerprint density at radius 1 is 0.787 bits per heavy atom. The summed E-state index contributed by atoms with van der Waals surface area (Å²) >= 11 is 1.73. The minimum absolute atomic E-state index is 0. The third-order valence-corrected chi connectivity index (χ3v) is 10.0. The van der Waals surface area contributed by atoms with E-state index in [9.17, 15) is 0 Å². The first-order valence-corrected chi connectivity index (χ1v) is 16.5. The van der Waals surface area contributed by atoms with Crippen molar-refractivity contribution in [2.45, 2.75) is 59.3 Å². The van der Waals surface area contributed by atoms with Gasteiger partial charge in [0, 0.05) is 32.4 Å². The molecule has 4 nitrogen and oxygen atoms in total. The van der Waals surface area contributed by atoms with E-state index in [1.165, 1.54) is 5.56 Å². The molecule has 0 bridgehead atoms. The van der Waals surface area contributed by atoms with Crippen molar-refractivity contribution in [1.82, 2.24) is 9.97 Å². The summed E-state index contributed by atoms with van der Waals surface area (Å²) in [6.45, 7) is 15.4. The fourth-order valence-electron chi connectivity index (χ4n) is 6.20. The largest absolute Gasteiger partial charge is 2.00 e. The maximum absolute atomic E-state index is 6.59. The molecule has 4 aromatic heterocycles. The molecule has 8 rings (SSSR count). The maximum Gasteiger partial charge on any atom is 2.00 e. The molecule has 8 aromatic rings. The molecule has 0 aliphatic carbocycles. The van der Waals surface area contributed by atoms with Gasteiger partial charge in [-0.05, 0) is 57.5 Å². The van der Waals surface area contributed by atoms with Crippen molar-refractivity contribution < 1.29 is 30.2 Å². The number of pyridine rings is 2. The van der Waals surface area contributed by atoms with Gasteiger partial charge in [-0.15, -0.1) is 64.2 Å². The summed E-state index contributed by atoms with van der Waals surface area (Å²) < 4.78 is 15.4. The standard InChI is InChI=1S/C41H34N2O2S.Pt/c1-23-18-33(45-34-22-27(41(5,6)7)21-30(42-34)25-13-10-14-26(19-25)40(2,3)4)43-37-29-20-24-12-8-9-15-28(24)38-35(29)36-31(44-38)16-11-17-32(36)46-39(23)37;/h8-12,14-19,21-22H,1-7H3;/q-2;+2. The van der Waals surface area contributed by atoms with Gasteiger partial charge in [0.25, 0.3) is 0 Å². The van der Waals surface area contributed by atoms with Crippen LogP contribution in [0.25, 0.3) is 64.3 Å². The van der Waals surface area contributed by atoms with Crippen LogP contribution < -0.4 is 4.74 Å². The van der Waals surface area contributed by atoms with Crippen LogP contribution in [0.15, 0.2) is 83.3 Å². The van der Waals surface area contributed by atoms with Gasteiger partial charge in [-0.1, -0.05) is 77.3 Å². The molecule has 0 N–H and O–H groups in total. The van der Waals surface area contributed by atoms with Crippen LogP contribution in [0.4, 0.5) is 0 Å². The second-order valence-corrected chi connectivity index (χ2v) is 15.3. The molecular weight excluding hydrogens is 780 g/mol. The summed E-state index contributed by atoms with van der Waals surface area (Å²) in [6.07, 6.45) is 0. The summed E-state index contributed by atoms with van der Waals surface area (Å²) in [5.41, 5.74) is 7.69. The Morgan fingerprint density at radius 2 is 1.55 bits per heavy atom. The van der Waals surface area contributed by atoms with Gasteiger partial charge in [0.2, 0.25) is 11.8 Å². The summed E-state index contributed by atoms with van der Waals surface area (Å²) in [7, 11) is 0. The predicted octanol–water partition coefficient (Wildman–Crippen LogP) is 11.9. The molecule has 4 heterocycles. The zero-order valence-corrected chi connectivity index (χ0v) is 30.5. The summed E-state index contributed by atoms with van der Waals surface area (Å²) in [6, 6.07) is 34.2. The summed E-state index contributed by atoms with van der Waals surface area (Å²) in [5.74, 6) is 1.00. The van der Waals surface area contributed by atoms with Gasteiger partial charge in [0.05, 0.1) is 5.58 Å². The van der Waals surface area contributed by atoms with E-state index in [4.69, 9.17) is 19.1 Å². The van der Waals surface area contributed by atoms with Crippen LogP contribution in [0.1, 0.15) is 58.2 Å². The van der Waals surface area contributed by atoms with E-state index in [1.54, 1.807) is 11.3 Å². The van der Waals surface area contributed by atoms with Crippen molar-refractivity contribution >= 4 is 64.4 Å². The quantitative estimate of drug-likeness (QED) is 0.167. The molecule has 0 saturated heterocycles. The third-order valence-electron chi connectivity index (χ3n) is 8.76. The van der Waals surface area contributed by atoms with Crippen molar-refractivity contribution in [2.24, 2.45) is 0 Å². The Labute approximate surface area is 293 Å². The molecule has 236 valence electrons. The van der Waals surface area contributed by atoms with Gasteiger partial charge in [0.15, 0.2) is 0 Å². The zero-order valence-electron chi connectivity index (χ0n) is 27.4. The van der Waals surface area contributed by atoms with Crippen LogP contribution in [-0.4, -0.2) is 9.97 Å². The minimum atomic E-state index is -0.116. The van der Waals surface area contributed by atoms with Gasteiger partial charge < -0.3 is 9.15 Å². The Balaban J connectivity index is 0.00000351. The average Bonchev–Trinajstić information content (AvgIpc) is 3.35. The monoisotopic (exact) mass is 813 g/mol. The molecule has 4 aromatic carbocycles. The Morgan fingerprint density at radius 3 is 2.34 bits per heavy atom. The number of aryl methyl sites for hydroxylation is 1. The van der Waals surface area contributed by atoms with E-state index in [2.05, 4.69) is 103 Å². The molecule has 0 amide bonds. The number of ether oxygens (including phenoxy) is 1. The Bertz CT molecular complexity index is 2500. The van der Waals surface area contributed by atoms with Crippen molar-refractivity contribution in [2.75, 3.05) is 0 Å². The molecule has 0 aliphatic heterocycles. The van der Waals surface area contributed by atoms with E-state index in [0.717, 1.165) is 75.4 Å².